The summed E-state index contributed by atoms with van der Waals surface area (Å²) in [5.41, 5.74) is 5.66. The average molecular weight is 403 g/mol. The number of nitrogens with one attached hydrogen (secondary N) is 1. The average Bonchev–Trinajstić information content (AvgIpc) is 3.25. The van der Waals surface area contributed by atoms with Gasteiger partial charge in [-0.25, -0.2) is 4.98 Å². The molecule has 154 valence electrons. The zero-order valence-electron chi connectivity index (χ0n) is 17.4. The van der Waals surface area contributed by atoms with Crippen LogP contribution >= 0.6 is 0 Å². The molecule has 7 nitrogen and oxygen atoms in total. The standard InChI is InChI=1S/C23H25N5O2/c1-16-21(17(2)27(3)26-16)10-11-23(29)25-18-7-6-8-20(13-18)30-15-19-14-28-12-5-4-9-22(28)24-19/h4-9,12-14H,10-11,15H2,1-3H3,(H,25,29). The zero-order chi connectivity index (χ0) is 21.1. The predicted molar refractivity (Wildman–Crippen MR) is 116 cm³/mol. The molecule has 4 rings (SSSR count). The van der Waals surface area contributed by atoms with Gasteiger partial charge in [-0.3, -0.25) is 9.48 Å². The van der Waals surface area contributed by atoms with Gasteiger partial charge < -0.3 is 14.5 Å². The Kier molecular flexibility index (Phi) is 5.52. The maximum Gasteiger partial charge on any atom is 0.224 e. The van der Waals surface area contributed by atoms with Gasteiger partial charge in [0, 0.05) is 43.3 Å². The maximum atomic E-state index is 12.4. The molecule has 0 saturated carbocycles. The first kappa shape index (κ1) is 19.7. The van der Waals surface area contributed by atoms with Crippen molar-refractivity contribution >= 4 is 17.2 Å². The summed E-state index contributed by atoms with van der Waals surface area (Å²) < 4.78 is 9.68. The molecule has 0 atom stereocenters. The minimum Gasteiger partial charge on any atom is -0.487 e. The van der Waals surface area contributed by atoms with Crippen LogP contribution in [0.25, 0.3) is 5.65 Å². The Balaban J connectivity index is 1.34. The van der Waals surface area contributed by atoms with Crippen molar-refractivity contribution in [2.45, 2.75) is 33.3 Å². The normalized spacial score (nSPS) is 11.0. The Labute approximate surface area is 175 Å². The Morgan fingerprint density at radius 2 is 2.03 bits per heavy atom. The third-order valence-electron chi connectivity index (χ3n) is 5.18. The van der Waals surface area contributed by atoms with E-state index in [-0.39, 0.29) is 5.91 Å². The lowest BCUT2D eigenvalue weighted by Gasteiger charge is -2.09. The lowest BCUT2D eigenvalue weighted by molar-refractivity contribution is -0.116. The topological polar surface area (TPSA) is 73.5 Å². The van der Waals surface area contributed by atoms with E-state index in [1.54, 1.807) is 0 Å². The summed E-state index contributed by atoms with van der Waals surface area (Å²) in [4.78, 5) is 16.9. The molecule has 0 unspecified atom stereocenters. The number of anilines is 1. The number of carbonyl (C=O) groups excluding carboxylic acids is 1. The number of imidazole rings is 1. The summed E-state index contributed by atoms with van der Waals surface area (Å²) in [7, 11) is 1.92. The number of hydrogen-bond acceptors (Lipinski definition) is 4. The molecule has 30 heavy (non-hydrogen) atoms. The highest BCUT2D eigenvalue weighted by atomic mass is 16.5. The van der Waals surface area contributed by atoms with Crippen molar-refractivity contribution < 1.29 is 9.53 Å². The summed E-state index contributed by atoms with van der Waals surface area (Å²) in [5, 5.41) is 7.36. The van der Waals surface area contributed by atoms with Crippen molar-refractivity contribution in [1.82, 2.24) is 19.2 Å². The van der Waals surface area contributed by atoms with Crippen LogP contribution in [-0.4, -0.2) is 25.1 Å². The monoisotopic (exact) mass is 403 g/mol. The quantitative estimate of drug-likeness (QED) is 0.509. The fraction of sp³-hybridized carbons (Fsp3) is 0.261. The number of ether oxygens (including phenoxy) is 1. The van der Waals surface area contributed by atoms with Gasteiger partial charge in [0.05, 0.1) is 11.4 Å². The van der Waals surface area contributed by atoms with Crippen LogP contribution in [0.2, 0.25) is 0 Å². The third kappa shape index (κ3) is 4.35. The molecule has 0 saturated heterocycles. The van der Waals surface area contributed by atoms with Crippen LogP contribution in [0.5, 0.6) is 5.75 Å². The van der Waals surface area contributed by atoms with E-state index in [0.717, 1.165) is 28.3 Å². The Morgan fingerprint density at radius 3 is 2.80 bits per heavy atom. The second-order valence-electron chi connectivity index (χ2n) is 7.34. The molecular formula is C23H25N5O2. The zero-order valence-corrected chi connectivity index (χ0v) is 17.4. The number of aryl methyl sites for hydroxylation is 2. The SMILES string of the molecule is Cc1nn(C)c(C)c1CCC(=O)Nc1cccc(OCc2cn3ccccc3n2)c1. The van der Waals surface area contributed by atoms with Gasteiger partial charge in [0.2, 0.25) is 5.91 Å². The number of rotatable bonds is 7. The molecule has 4 aromatic rings. The van der Waals surface area contributed by atoms with Crippen LogP contribution in [0.3, 0.4) is 0 Å². The number of carbonyl (C=O) groups is 1. The molecule has 0 spiro atoms. The molecule has 7 heteroatoms. The lowest BCUT2D eigenvalue weighted by atomic mass is 10.1. The first-order valence-electron chi connectivity index (χ1n) is 9.94. The number of pyridine rings is 1. The van der Waals surface area contributed by atoms with E-state index in [1.807, 2.05) is 84.8 Å². The van der Waals surface area contributed by atoms with E-state index < -0.39 is 0 Å². The Bertz CT molecular complexity index is 1160. The minimum atomic E-state index is -0.0323. The first-order valence-corrected chi connectivity index (χ1v) is 9.94. The third-order valence-corrected chi connectivity index (χ3v) is 5.18. The molecule has 0 aliphatic rings. The Morgan fingerprint density at radius 1 is 1.17 bits per heavy atom. The van der Waals surface area contributed by atoms with Gasteiger partial charge in [-0.05, 0) is 50.1 Å². The maximum absolute atomic E-state index is 12.4. The Hall–Kier alpha value is -3.61. The smallest absolute Gasteiger partial charge is 0.224 e. The summed E-state index contributed by atoms with van der Waals surface area (Å²) in [5.74, 6) is 0.652. The van der Waals surface area contributed by atoms with Crippen LogP contribution in [0.4, 0.5) is 5.69 Å². The molecule has 1 aromatic carbocycles. The van der Waals surface area contributed by atoms with Gasteiger partial charge in [-0.1, -0.05) is 12.1 Å². The molecule has 0 fully saturated rings. The fourth-order valence-corrected chi connectivity index (χ4v) is 3.52. The summed E-state index contributed by atoms with van der Waals surface area (Å²) in [6, 6.07) is 13.3. The molecule has 0 radical (unpaired) electrons. The van der Waals surface area contributed by atoms with E-state index in [2.05, 4.69) is 15.4 Å². The summed E-state index contributed by atoms with van der Waals surface area (Å²) >= 11 is 0. The predicted octanol–water partition coefficient (Wildman–Crippen LogP) is 3.83. The van der Waals surface area contributed by atoms with Crippen LogP contribution in [0.1, 0.15) is 29.1 Å². The van der Waals surface area contributed by atoms with Crippen molar-refractivity contribution in [3.05, 3.63) is 77.5 Å². The van der Waals surface area contributed by atoms with Crippen LogP contribution < -0.4 is 10.1 Å². The van der Waals surface area contributed by atoms with Gasteiger partial charge in [0.1, 0.15) is 18.0 Å². The number of amides is 1. The van der Waals surface area contributed by atoms with Crippen molar-refractivity contribution in [3.63, 3.8) is 0 Å². The molecule has 0 aliphatic heterocycles. The van der Waals surface area contributed by atoms with E-state index in [9.17, 15) is 4.79 Å². The van der Waals surface area contributed by atoms with Crippen LogP contribution in [0, 0.1) is 13.8 Å². The molecule has 1 amide bonds. The number of benzene rings is 1. The highest BCUT2D eigenvalue weighted by molar-refractivity contribution is 5.91. The summed E-state index contributed by atoms with van der Waals surface area (Å²) in [6.45, 7) is 4.36. The molecule has 0 aliphatic carbocycles. The first-order chi connectivity index (χ1) is 14.5. The number of aromatic nitrogens is 4. The van der Waals surface area contributed by atoms with Crippen LogP contribution in [0.15, 0.2) is 54.9 Å². The highest BCUT2D eigenvalue weighted by Crippen LogP contribution is 2.20. The highest BCUT2D eigenvalue weighted by Gasteiger charge is 2.12. The van der Waals surface area contributed by atoms with E-state index >= 15 is 0 Å². The van der Waals surface area contributed by atoms with E-state index in [4.69, 9.17) is 4.74 Å². The second kappa shape index (κ2) is 8.41. The van der Waals surface area contributed by atoms with Crippen molar-refractivity contribution in [2.24, 2.45) is 7.05 Å². The number of hydrogen-bond donors (Lipinski definition) is 1. The fourth-order valence-electron chi connectivity index (χ4n) is 3.52. The van der Waals surface area contributed by atoms with Gasteiger partial charge in [0.15, 0.2) is 0 Å². The van der Waals surface area contributed by atoms with Crippen LogP contribution in [-0.2, 0) is 24.9 Å². The number of nitrogens with zero attached hydrogens (tertiary/aromatic N) is 4. The largest absolute Gasteiger partial charge is 0.487 e. The van der Waals surface area contributed by atoms with Gasteiger partial charge in [-0.15, -0.1) is 0 Å². The lowest BCUT2D eigenvalue weighted by Crippen LogP contribution is -2.12. The molecule has 3 aromatic heterocycles. The molecule has 0 bridgehead atoms. The number of fused-ring (bicyclic) bond motifs is 1. The molecule has 3 heterocycles. The van der Waals surface area contributed by atoms with Gasteiger partial charge in [0.25, 0.3) is 0 Å². The second-order valence-corrected chi connectivity index (χ2v) is 7.34. The molecule has 1 N–H and O–H groups in total. The van der Waals surface area contributed by atoms with E-state index in [0.29, 0.717) is 30.9 Å². The summed E-state index contributed by atoms with van der Waals surface area (Å²) in [6.07, 6.45) is 4.97. The minimum absolute atomic E-state index is 0.0323. The van der Waals surface area contributed by atoms with Crippen molar-refractivity contribution in [3.8, 4) is 5.75 Å². The molecular weight excluding hydrogens is 378 g/mol. The van der Waals surface area contributed by atoms with Gasteiger partial charge >= 0.3 is 0 Å². The van der Waals surface area contributed by atoms with Crippen molar-refractivity contribution in [1.29, 1.82) is 0 Å². The van der Waals surface area contributed by atoms with Crippen molar-refractivity contribution in [2.75, 3.05) is 5.32 Å². The van der Waals surface area contributed by atoms with E-state index in [1.165, 1.54) is 0 Å². The van der Waals surface area contributed by atoms with Gasteiger partial charge in [-0.2, -0.15) is 5.10 Å².